The summed E-state index contributed by atoms with van der Waals surface area (Å²) >= 11 is 0. The van der Waals surface area contributed by atoms with E-state index in [0.717, 1.165) is 34.6 Å². The van der Waals surface area contributed by atoms with Gasteiger partial charge in [-0.1, -0.05) is 114 Å². The van der Waals surface area contributed by atoms with Crippen molar-refractivity contribution in [1.82, 2.24) is 40.2 Å². The largest absolute Gasteiger partial charge is 3.00 e. The summed E-state index contributed by atoms with van der Waals surface area (Å²) in [6, 6.07) is 42.8. The van der Waals surface area contributed by atoms with Crippen molar-refractivity contribution >= 4 is 11.4 Å². The van der Waals surface area contributed by atoms with Crippen LogP contribution in [0.4, 0.5) is 46.5 Å². The van der Waals surface area contributed by atoms with Crippen LogP contribution in [-0.4, -0.2) is 44.1 Å². The maximum Gasteiger partial charge on any atom is 3.00 e. The number of halogens is 8. The van der Waals surface area contributed by atoms with E-state index < -0.39 is 23.7 Å². The first kappa shape index (κ1) is 61.9. The predicted molar refractivity (Wildman–Crippen MR) is 278 cm³/mol. The molecule has 0 radical (unpaired) electrons. The van der Waals surface area contributed by atoms with E-state index >= 15 is 0 Å². The third-order valence-corrected chi connectivity index (χ3v) is 11.4. The average molecular weight is 1430 g/mol. The van der Waals surface area contributed by atoms with E-state index in [2.05, 4.69) is 84.0 Å². The maximum atomic E-state index is 12.7. The number of anilines is 2. The van der Waals surface area contributed by atoms with Gasteiger partial charge in [0.1, 0.15) is 11.4 Å². The first-order valence-corrected chi connectivity index (χ1v) is 23.5. The molecular weight excluding hydrogens is 1370 g/mol. The molecule has 78 heavy (non-hydrogen) atoms. The van der Waals surface area contributed by atoms with E-state index in [9.17, 15) is 35.1 Å². The second kappa shape index (κ2) is 26.1. The molecular formula is C58H52F8Ir2N10. The van der Waals surface area contributed by atoms with Gasteiger partial charge in [-0.15, -0.1) is 47.8 Å². The number of benzene rings is 4. The Labute approximate surface area is 476 Å². The second-order valence-corrected chi connectivity index (χ2v) is 19.5. The molecule has 4 aromatic heterocycles. The second-order valence-electron chi connectivity index (χ2n) is 19.5. The Balaban J connectivity index is 0.000000198. The minimum Gasteiger partial charge on any atom is -0.573 e. The van der Waals surface area contributed by atoms with Gasteiger partial charge in [0.2, 0.25) is 0 Å². The maximum absolute atomic E-state index is 12.7. The zero-order chi connectivity index (χ0) is 55.0. The van der Waals surface area contributed by atoms with Crippen LogP contribution < -0.4 is 20.0 Å². The number of hydrogen-bond acceptors (Lipinski definition) is 8. The molecule has 10 rings (SSSR count). The summed E-state index contributed by atoms with van der Waals surface area (Å²) in [5.74, 6) is -0.527. The molecule has 0 unspecified atom stereocenters. The van der Waals surface area contributed by atoms with Gasteiger partial charge in [0.05, 0.1) is 22.8 Å². The molecule has 408 valence electrons. The van der Waals surface area contributed by atoms with Gasteiger partial charge in [0, 0.05) is 22.8 Å². The zero-order valence-corrected chi connectivity index (χ0v) is 48.1. The van der Waals surface area contributed by atoms with Crippen molar-refractivity contribution in [2.24, 2.45) is 0 Å². The number of pyridine rings is 2. The van der Waals surface area contributed by atoms with Gasteiger partial charge in [0.15, 0.2) is 0 Å². The van der Waals surface area contributed by atoms with Crippen molar-refractivity contribution in [1.29, 1.82) is 0 Å². The fraction of sp³-hybridized carbons (Fsp3) is 0.207. The van der Waals surface area contributed by atoms with Crippen LogP contribution >= 0.6 is 0 Å². The molecule has 8 aromatic rings. The quantitative estimate of drug-likeness (QED) is 0.118. The Hall–Kier alpha value is -6.98. The Bertz CT molecular complexity index is 3000. The molecule has 0 saturated carbocycles. The molecule has 0 amide bonds. The minimum absolute atomic E-state index is 0. The molecule has 0 spiro atoms. The zero-order valence-electron chi connectivity index (χ0n) is 43.3. The van der Waals surface area contributed by atoms with E-state index in [1.54, 1.807) is 36.4 Å². The third-order valence-electron chi connectivity index (χ3n) is 11.4. The van der Waals surface area contributed by atoms with Gasteiger partial charge in [-0.3, -0.25) is 8.78 Å². The summed E-state index contributed by atoms with van der Waals surface area (Å²) in [5, 5.41) is 13.6. The first-order valence-electron chi connectivity index (χ1n) is 23.5. The minimum atomic E-state index is -4.51. The molecule has 0 aliphatic carbocycles. The van der Waals surface area contributed by atoms with Gasteiger partial charge < -0.3 is 40.0 Å². The van der Waals surface area contributed by atoms with Crippen LogP contribution in [0.3, 0.4) is 0 Å². The Morgan fingerprint density at radius 1 is 0.462 bits per heavy atom. The summed E-state index contributed by atoms with van der Waals surface area (Å²) in [4.78, 5) is 16.4. The number of hydrogen-bond donors (Lipinski definition) is 0. The van der Waals surface area contributed by atoms with Crippen LogP contribution in [0.1, 0.15) is 64.1 Å². The van der Waals surface area contributed by atoms with E-state index in [1.807, 2.05) is 132 Å². The standard InChI is InChI=1S/2C19H17F3N3.2C10H9FN2.2Ir/c2*1-18(2,3)13-9-7-12(8-10-13)14-5-4-6-15(23-14)16-11-17(25-24-16)19(20,21)22;2*1-12-6-7-13(8-12)10-4-2-9(11)3-5-10;;/h2*4-11H,1-3H3;2*2-4,6-8H,1H3;;/q2*-1;2*-2;2*+3. The summed E-state index contributed by atoms with van der Waals surface area (Å²) < 4.78 is 101. The SMILES string of the molecule is CC(C)(C)c1ccc(-c2cccc(-c3cc(C(F)(F)F)n[n-]3)n2)cc1.CC(C)(C)c1ccc(-c2cccc(-c3cc(C(F)(F)F)n[n-]3)n2)cc1.CN1C=CN(c2[c-]cc(F)cc2)[CH-]1.CN1C=CN(c2[c-]cc(F)cc2)[CH-]1.[Ir+3].[Ir+3]. The molecule has 20 heteroatoms. The molecule has 2 aliphatic rings. The normalized spacial score (nSPS) is 13.1. The summed E-state index contributed by atoms with van der Waals surface area (Å²) in [5.41, 5.74) is 6.23. The van der Waals surface area contributed by atoms with Crippen molar-refractivity contribution in [3.05, 3.63) is 218 Å². The number of nitrogens with zero attached hydrogens (tertiary/aromatic N) is 10. The summed E-state index contributed by atoms with van der Waals surface area (Å²) in [7, 11) is 3.86. The molecule has 0 atom stereocenters. The Morgan fingerprint density at radius 3 is 1.08 bits per heavy atom. The van der Waals surface area contributed by atoms with Crippen LogP contribution in [0.5, 0.6) is 0 Å². The van der Waals surface area contributed by atoms with Gasteiger partial charge in [-0.25, -0.2) is 9.97 Å². The van der Waals surface area contributed by atoms with Crippen molar-refractivity contribution in [2.45, 2.75) is 64.7 Å². The average Bonchev–Trinajstić information content (AvgIpc) is 4.25. The molecule has 4 aromatic carbocycles. The molecule has 0 N–H and O–H groups in total. The van der Waals surface area contributed by atoms with Crippen LogP contribution in [0, 0.1) is 37.1 Å². The number of alkyl halides is 6. The van der Waals surface area contributed by atoms with E-state index in [1.165, 1.54) is 35.4 Å². The van der Waals surface area contributed by atoms with Gasteiger partial charge in [0.25, 0.3) is 0 Å². The van der Waals surface area contributed by atoms with Crippen molar-refractivity contribution in [3.8, 4) is 45.3 Å². The van der Waals surface area contributed by atoms with Gasteiger partial charge >= 0.3 is 52.6 Å². The number of rotatable bonds is 6. The van der Waals surface area contributed by atoms with Crippen molar-refractivity contribution in [3.63, 3.8) is 0 Å². The third kappa shape index (κ3) is 17.0. The molecule has 6 heterocycles. The Morgan fingerprint density at radius 2 is 0.808 bits per heavy atom. The van der Waals surface area contributed by atoms with E-state index in [4.69, 9.17) is 0 Å². The van der Waals surface area contributed by atoms with Crippen molar-refractivity contribution in [2.75, 3.05) is 23.9 Å². The van der Waals surface area contributed by atoms with Gasteiger partial charge in [-0.2, -0.15) is 51.8 Å². The smallest absolute Gasteiger partial charge is 0.573 e. The fourth-order valence-electron chi connectivity index (χ4n) is 7.18. The number of aromatic nitrogens is 6. The molecule has 0 bridgehead atoms. The molecule has 0 saturated heterocycles. The van der Waals surface area contributed by atoms with E-state index in [0.29, 0.717) is 22.8 Å². The van der Waals surface area contributed by atoms with Crippen LogP contribution in [0.25, 0.3) is 45.3 Å². The molecule has 0 fully saturated rings. The topological polar surface area (TPSA) is 92.7 Å². The summed E-state index contributed by atoms with van der Waals surface area (Å²) in [6.45, 7) is 16.6. The predicted octanol–water partition coefficient (Wildman–Crippen LogP) is 14.1. The fourth-order valence-corrected chi connectivity index (χ4v) is 7.18. The van der Waals surface area contributed by atoms with Gasteiger partial charge in [-0.05, 0) is 97.3 Å². The molecule has 10 nitrogen and oxygen atoms in total. The van der Waals surface area contributed by atoms with Crippen LogP contribution in [-0.2, 0) is 63.4 Å². The van der Waals surface area contributed by atoms with E-state index in [-0.39, 0.29) is 74.1 Å². The summed E-state index contributed by atoms with van der Waals surface area (Å²) in [6.07, 6.45) is -1.40. The van der Waals surface area contributed by atoms with Crippen LogP contribution in [0.2, 0.25) is 0 Å². The monoisotopic (exact) mass is 1430 g/mol. The van der Waals surface area contributed by atoms with Crippen molar-refractivity contribution < 1.29 is 75.3 Å². The van der Waals surface area contributed by atoms with Crippen LogP contribution in [0.15, 0.2) is 158 Å². The first-order chi connectivity index (χ1) is 35.8. The Kier molecular flexibility index (Phi) is 20.7. The molecule has 2 aliphatic heterocycles.